The van der Waals surface area contributed by atoms with Crippen LogP contribution in [0.5, 0.6) is 0 Å². The number of nitrogens with one attached hydrogen (secondary N) is 1. The minimum Gasteiger partial charge on any atom is -0.370 e. The molecule has 0 amide bonds. The Kier molecular flexibility index (Phi) is 7.13. The van der Waals surface area contributed by atoms with E-state index in [-0.39, 0.29) is 11.6 Å². The molecule has 7 nitrogen and oxygen atoms in total. The first kappa shape index (κ1) is 24.5. The van der Waals surface area contributed by atoms with Crippen LogP contribution >= 0.6 is 23.2 Å². The van der Waals surface area contributed by atoms with Crippen molar-refractivity contribution in [3.63, 3.8) is 0 Å². The van der Waals surface area contributed by atoms with Gasteiger partial charge in [-0.05, 0) is 36.1 Å². The lowest BCUT2D eigenvalue weighted by Gasteiger charge is -2.18. The number of benzene rings is 2. The number of nitrogens with zero attached hydrogens (tertiary/aromatic N) is 4. The molecule has 0 fully saturated rings. The van der Waals surface area contributed by atoms with Crippen molar-refractivity contribution in [1.29, 1.82) is 0 Å². The zero-order valence-electron chi connectivity index (χ0n) is 18.0. The lowest BCUT2D eigenvalue weighted by Crippen LogP contribution is -2.29. The number of sulfonamides is 1. The van der Waals surface area contributed by atoms with Gasteiger partial charge in [0.2, 0.25) is 10.0 Å². The van der Waals surface area contributed by atoms with Gasteiger partial charge in [-0.2, -0.15) is 9.61 Å². The van der Waals surface area contributed by atoms with E-state index in [4.69, 9.17) is 31.0 Å². The molecule has 0 saturated carbocycles. The van der Waals surface area contributed by atoms with Crippen LogP contribution < -0.4 is 10.8 Å². The van der Waals surface area contributed by atoms with Gasteiger partial charge < -0.3 is 5.32 Å². The minimum atomic E-state index is -4.00. The molecule has 0 spiro atoms. The number of fused-ring (bicyclic) bond motifs is 1. The predicted molar refractivity (Wildman–Crippen MR) is 133 cm³/mol. The van der Waals surface area contributed by atoms with E-state index in [9.17, 15) is 12.8 Å². The summed E-state index contributed by atoms with van der Waals surface area (Å²) in [5.74, 6) is -0.272. The van der Waals surface area contributed by atoms with Crippen molar-refractivity contribution in [3.8, 4) is 11.3 Å². The molecule has 174 valence electrons. The van der Waals surface area contributed by atoms with Gasteiger partial charge in [0.25, 0.3) is 0 Å². The topological polar surface area (TPSA) is 79.6 Å². The van der Waals surface area contributed by atoms with Crippen LogP contribution in [0, 0.1) is 5.82 Å². The second kappa shape index (κ2) is 9.91. The lowest BCUT2D eigenvalue weighted by atomic mass is 10.0. The fraction of sp³-hybridized carbons (Fsp3) is 0.182. The quantitative estimate of drug-likeness (QED) is 0.284. The summed E-state index contributed by atoms with van der Waals surface area (Å²) >= 11 is 12.1. The zero-order valence-corrected chi connectivity index (χ0v) is 20.4. The molecule has 0 unspecified atom stereocenters. The summed E-state index contributed by atoms with van der Waals surface area (Å²) in [4.78, 5) is 4.16. The van der Waals surface area contributed by atoms with E-state index in [0.29, 0.717) is 40.6 Å². The minimum absolute atomic E-state index is 0.127. The van der Waals surface area contributed by atoms with Crippen molar-refractivity contribution in [3.05, 3.63) is 70.6 Å². The van der Waals surface area contributed by atoms with Gasteiger partial charge in [-0.1, -0.05) is 41.4 Å². The predicted octanol–water partition coefficient (Wildman–Crippen LogP) is 3.76. The average Bonchev–Trinajstić information content (AvgIpc) is 3.17. The number of rotatable bonds is 8. The Hall–Kier alpha value is -2.66. The first-order valence-corrected chi connectivity index (χ1v) is 12.4. The summed E-state index contributed by atoms with van der Waals surface area (Å²) in [6, 6.07) is 12.6. The van der Waals surface area contributed by atoms with Crippen LogP contribution in [-0.2, 0) is 10.0 Å². The first-order valence-electron chi connectivity index (χ1n) is 10.2. The van der Waals surface area contributed by atoms with Crippen molar-refractivity contribution >= 4 is 58.0 Å². The van der Waals surface area contributed by atoms with Crippen LogP contribution in [0.3, 0.4) is 0 Å². The van der Waals surface area contributed by atoms with E-state index in [0.717, 1.165) is 22.0 Å². The van der Waals surface area contributed by atoms with E-state index < -0.39 is 20.7 Å². The third-order valence-electron chi connectivity index (χ3n) is 5.19. The molecule has 2 radical (unpaired) electrons. The first-order chi connectivity index (χ1) is 16.2. The Morgan fingerprint density at radius 3 is 2.68 bits per heavy atom. The van der Waals surface area contributed by atoms with Gasteiger partial charge in [-0.3, -0.25) is 0 Å². The zero-order chi connectivity index (χ0) is 24.5. The molecule has 4 aromatic rings. The van der Waals surface area contributed by atoms with Crippen LogP contribution in [-0.4, -0.2) is 55.3 Å². The summed E-state index contributed by atoms with van der Waals surface area (Å²) in [6.45, 7) is 0.564. The summed E-state index contributed by atoms with van der Waals surface area (Å²) in [5, 5.41) is 8.18. The number of anilines is 1. The Bertz CT molecular complexity index is 1470. The van der Waals surface area contributed by atoms with Gasteiger partial charge >= 0.3 is 0 Å². The maximum absolute atomic E-state index is 14.1. The third-order valence-corrected chi connectivity index (χ3v) is 7.64. The van der Waals surface area contributed by atoms with Gasteiger partial charge in [0.1, 0.15) is 24.4 Å². The Morgan fingerprint density at radius 1 is 1.18 bits per heavy atom. The highest BCUT2D eigenvalue weighted by molar-refractivity contribution is 7.89. The van der Waals surface area contributed by atoms with Gasteiger partial charge in [0, 0.05) is 48.0 Å². The molecule has 2 heterocycles. The number of hydrogen-bond acceptors (Lipinski definition) is 5. The van der Waals surface area contributed by atoms with Gasteiger partial charge in [-0.25, -0.2) is 22.1 Å². The SMILES string of the molecule is [B]c1cnn2c(NCCCN(C)S(=O)(=O)c3ccc(Cl)cc3F)cc(-c3ccccc3Cl)nc12. The van der Waals surface area contributed by atoms with Crippen LogP contribution in [0.25, 0.3) is 16.9 Å². The normalized spacial score (nSPS) is 11.9. The molecule has 0 aliphatic carbocycles. The molecule has 0 bridgehead atoms. The van der Waals surface area contributed by atoms with Crippen molar-refractivity contribution in [1.82, 2.24) is 18.9 Å². The Morgan fingerprint density at radius 2 is 1.94 bits per heavy atom. The number of halogens is 3. The van der Waals surface area contributed by atoms with Gasteiger partial charge in [0.05, 0.1) is 5.69 Å². The van der Waals surface area contributed by atoms with Crippen LogP contribution in [0.4, 0.5) is 10.2 Å². The molecular formula is C22H19BCl2FN5O2S. The largest absolute Gasteiger partial charge is 0.370 e. The summed E-state index contributed by atoms with van der Waals surface area (Å²) in [7, 11) is 3.43. The fourth-order valence-electron chi connectivity index (χ4n) is 3.40. The van der Waals surface area contributed by atoms with E-state index >= 15 is 0 Å². The van der Waals surface area contributed by atoms with Gasteiger partial charge in [-0.15, -0.1) is 0 Å². The molecule has 0 saturated heterocycles. The number of aromatic nitrogens is 3. The molecular weight excluding hydrogens is 499 g/mol. The van der Waals surface area contributed by atoms with E-state index in [2.05, 4.69) is 15.4 Å². The maximum Gasteiger partial charge on any atom is 0.245 e. The standard InChI is InChI=1S/C22H19BCl2FN5O2S/c1-30(34(32,33)20-8-7-14(24)11-18(20)26)10-4-9-27-21-12-19(15-5-2-3-6-17(15)25)29-22-16(23)13-28-31(21)22/h2-3,5-8,11-13,27H,4,9-10H2,1H3. The maximum atomic E-state index is 14.1. The van der Waals surface area contributed by atoms with E-state index in [1.54, 1.807) is 16.6 Å². The second-order valence-corrected chi connectivity index (χ2v) is 10.4. The molecule has 0 aliphatic rings. The molecule has 0 atom stereocenters. The van der Waals surface area contributed by atoms with Crippen LogP contribution in [0.15, 0.2) is 59.6 Å². The number of hydrogen-bond donors (Lipinski definition) is 1. The Labute approximate surface area is 208 Å². The monoisotopic (exact) mass is 517 g/mol. The molecule has 12 heteroatoms. The molecule has 2 aromatic carbocycles. The van der Waals surface area contributed by atoms with Crippen molar-refractivity contribution < 1.29 is 12.8 Å². The van der Waals surface area contributed by atoms with Crippen molar-refractivity contribution in [2.24, 2.45) is 0 Å². The highest BCUT2D eigenvalue weighted by atomic mass is 35.5. The average molecular weight is 518 g/mol. The van der Waals surface area contributed by atoms with Gasteiger partial charge in [0.15, 0.2) is 5.65 Å². The fourth-order valence-corrected chi connectivity index (χ4v) is 5.05. The van der Waals surface area contributed by atoms with Crippen molar-refractivity contribution in [2.75, 3.05) is 25.5 Å². The van der Waals surface area contributed by atoms with E-state index in [1.807, 2.05) is 18.2 Å². The molecule has 2 aromatic heterocycles. The van der Waals surface area contributed by atoms with Crippen LogP contribution in [0.1, 0.15) is 6.42 Å². The lowest BCUT2D eigenvalue weighted by molar-refractivity contribution is 0.459. The summed E-state index contributed by atoms with van der Waals surface area (Å²) < 4.78 is 42.2. The highest BCUT2D eigenvalue weighted by Crippen LogP contribution is 2.28. The summed E-state index contributed by atoms with van der Waals surface area (Å²) in [6.07, 6.45) is 1.94. The van der Waals surface area contributed by atoms with Crippen molar-refractivity contribution in [2.45, 2.75) is 11.3 Å². The summed E-state index contributed by atoms with van der Waals surface area (Å²) in [5.41, 5.74) is 2.24. The molecule has 34 heavy (non-hydrogen) atoms. The highest BCUT2D eigenvalue weighted by Gasteiger charge is 2.24. The van der Waals surface area contributed by atoms with Crippen LogP contribution in [0.2, 0.25) is 10.0 Å². The molecule has 1 N–H and O–H groups in total. The third kappa shape index (κ3) is 4.90. The Balaban J connectivity index is 1.49. The molecule has 4 rings (SSSR count). The van der Waals surface area contributed by atoms with E-state index in [1.165, 1.54) is 19.3 Å². The smallest absolute Gasteiger partial charge is 0.245 e. The second-order valence-electron chi connectivity index (χ2n) is 7.52. The molecule has 0 aliphatic heterocycles.